The van der Waals surface area contributed by atoms with Gasteiger partial charge in [-0.3, -0.25) is 9.36 Å². The van der Waals surface area contributed by atoms with Crippen LogP contribution in [0.15, 0.2) is 42.0 Å². The number of thiophene rings is 1. The number of nitrogens with one attached hydrogen (secondary N) is 1. The highest BCUT2D eigenvalue weighted by molar-refractivity contribution is 7.10. The van der Waals surface area contributed by atoms with E-state index in [0.717, 1.165) is 16.3 Å². The van der Waals surface area contributed by atoms with Crippen LogP contribution < -0.4 is 14.8 Å². The number of carbonyl (C=O) groups is 1. The number of hydrogen-bond acceptors (Lipinski definition) is 5. The standard InChI is InChI=1S/C18H17N3O3S/c1-23-11-5-6-14(24-2)13(8-11)21-10-19-17-12(15-4-3-7-25-15)9-16(22)20-18(17)21/h3-8,10,12H,9H2,1-2H3,(H,20,22)/t12-/m1/s1. The minimum Gasteiger partial charge on any atom is -0.497 e. The molecular weight excluding hydrogens is 338 g/mol. The van der Waals surface area contributed by atoms with Gasteiger partial charge in [-0.2, -0.15) is 0 Å². The zero-order valence-electron chi connectivity index (χ0n) is 13.9. The monoisotopic (exact) mass is 355 g/mol. The summed E-state index contributed by atoms with van der Waals surface area (Å²) < 4.78 is 12.6. The number of hydrogen-bond donors (Lipinski definition) is 1. The predicted molar refractivity (Wildman–Crippen MR) is 96.1 cm³/mol. The van der Waals surface area contributed by atoms with E-state index >= 15 is 0 Å². The van der Waals surface area contributed by atoms with Gasteiger partial charge in [-0.05, 0) is 23.6 Å². The van der Waals surface area contributed by atoms with Crippen molar-refractivity contribution in [2.24, 2.45) is 0 Å². The van der Waals surface area contributed by atoms with E-state index in [1.54, 1.807) is 31.9 Å². The number of anilines is 1. The van der Waals surface area contributed by atoms with E-state index in [0.29, 0.717) is 23.7 Å². The fraction of sp³-hybridized carbons (Fsp3) is 0.222. The maximum atomic E-state index is 12.3. The lowest BCUT2D eigenvalue weighted by Crippen LogP contribution is -2.24. The van der Waals surface area contributed by atoms with Gasteiger partial charge in [-0.1, -0.05) is 6.07 Å². The van der Waals surface area contributed by atoms with Crippen molar-refractivity contribution in [2.45, 2.75) is 12.3 Å². The molecule has 6 nitrogen and oxygen atoms in total. The quantitative estimate of drug-likeness (QED) is 0.779. The molecule has 25 heavy (non-hydrogen) atoms. The van der Waals surface area contributed by atoms with Gasteiger partial charge in [0.25, 0.3) is 0 Å². The summed E-state index contributed by atoms with van der Waals surface area (Å²) in [5.74, 6) is 2.01. The van der Waals surface area contributed by atoms with Gasteiger partial charge in [-0.25, -0.2) is 4.98 Å². The van der Waals surface area contributed by atoms with Crippen LogP contribution in [0.4, 0.5) is 5.82 Å². The molecule has 3 heterocycles. The number of ether oxygens (including phenoxy) is 2. The first kappa shape index (κ1) is 15.7. The van der Waals surface area contributed by atoms with Crippen LogP contribution in [0.3, 0.4) is 0 Å². The summed E-state index contributed by atoms with van der Waals surface area (Å²) in [7, 11) is 3.23. The van der Waals surface area contributed by atoms with Crippen molar-refractivity contribution in [1.82, 2.24) is 9.55 Å². The van der Waals surface area contributed by atoms with Crippen molar-refractivity contribution in [1.29, 1.82) is 0 Å². The second kappa shape index (κ2) is 6.25. The van der Waals surface area contributed by atoms with Crippen molar-refractivity contribution < 1.29 is 14.3 Å². The van der Waals surface area contributed by atoms with Gasteiger partial charge in [0.15, 0.2) is 0 Å². The smallest absolute Gasteiger partial charge is 0.226 e. The van der Waals surface area contributed by atoms with Gasteiger partial charge >= 0.3 is 0 Å². The highest BCUT2D eigenvalue weighted by Crippen LogP contribution is 2.40. The molecular formula is C18H17N3O3S. The number of aromatic nitrogens is 2. The molecule has 2 aromatic heterocycles. The third-order valence-electron chi connectivity index (χ3n) is 4.31. The molecule has 0 saturated heterocycles. The lowest BCUT2D eigenvalue weighted by Gasteiger charge is -2.22. The molecule has 0 saturated carbocycles. The number of nitrogens with zero attached hydrogens (tertiary/aromatic N) is 2. The fourth-order valence-electron chi connectivity index (χ4n) is 3.10. The molecule has 1 aromatic carbocycles. The average molecular weight is 355 g/mol. The molecule has 0 spiro atoms. The molecule has 7 heteroatoms. The third-order valence-corrected chi connectivity index (χ3v) is 5.29. The van der Waals surface area contributed by atoms with E-state index in [1.807, 2.05) is 40.3 Å². The van der Waals surface area contributed by atoms with Crippen LogP contribution in [-0.4, -0.2) is 29.7 Å². The van der Waals surface area contributed by atoms with Crippen LogP contribution >= 0.6 is 11.3 Å². The fourth-order valence-corrected chi connectivity index (χ4v) is 3.93. The Morgan fingerprint density at radius 1 is 1.28 bits per heavy atom. The Bertz CT molecular complexity index is 918. The van der Waals surface area contributed by atoms with Crippen LogP contribution in [0.5, 0.6) is 11.5 Å². The molecule has 0 aliphatic carbocycles. The molecule has 1 N–H and O–H groups in total. The number of benzene rings is 1. The van der Waals surface area contributed by atoms with E-state index < -0.39 is 0 Å². The average Bonchev–Trinajstić information content (AvgIpc) is 3.30. The van der Waals surface area contributed by atoms with Crippen LogP contribution in [-0.2, 0) is 4.79 Å². The van der Waals surface area contributed by atoms with Crippen molar-refractivity contribution in [2.75, 3.05) is 19.5 Å². The third kappa shape index (κ3) is 2.66. The summed E-state index contributed by atoms with van der Waals surface area (Å²) in [4.78, 5) is 18.0. The summed E-state index contributed by atoms with van der Waals surface area (Å²) in [5.41, 5.74) is 1.63. The first-order chi connectivity index (χ1) is 12.2. The minimum atomic E-state index is -0.0263. The van der Waals surface area contributed by atoms with E-state index in [1.165, 1.54) is 0 Å². The molecule has 0 bridgehead atoms. The van der Waals surface area contributed by atoms with Gasteiger partial charge in [-0.15, -0.1) is 11.3 Å². The number of carbonyl (C=O) groups excluding carboxylic acids is 1. The highest BCUT2D eigenvalue weighted by atomic mass is 32.1. The lowest BCUT2D eigenvalue weighted by molar-refractivity contribution is -0.116. The molecule has 1 aliphatic heterocycles. The van der Waals surface area contributed by atoms with Crippen molar-refractivity contribution in [3.05, 3.63) is 52.6 Å². The lowest BCUT2D eigenvalue weighted by atomic mass is 9.96. The SMILES string of the molecule is COc1ccc(OC)c(-n2cnc3c2NC(=O)C[C@@H]3c2cccs2)c1. The first-order valence-electron chi connectivity index (χ1n) is 7.84. The van der Waals surface area contributed by atoms with Gasteiger partial charge in [0.2, 0.25) is 5.91 Å². The molecule has 0 radical (unpaired) electrons. The van der Waals surface area contributed by atoms with E-state index in [9.17, 15) is 4.79 Å². The number of rotatable bonds is 4. The zero-order chi connectivity index (χ0) is 17.4. The van der Waals surface area contributed by atoms with Gasteiger partial charge < -0.3 is 14.8 Å². The van der Waals surface area contributed by atoms with Crippen LogP contribution in [0, 0.1) is 0 Å². The second-order valence-corrected chi connectivity index (χ2v) is 6.69. The maximum absolute atomic E-state index is 12.3. The molecule has 1 atom stereocenters. The normalized spacial score (nSPS) is 16.2. The van der Waals surface area contributed by atoms with Crippen LogP contribution in [0.25, 0.3) is 5.69 Å². The largest absolute Gasteiger partial charge is 0.497 e. The molecule has 0 fully saturated rings. The van der Waals surface area contributed by atoms with Gasteiger partial charge in [0.1, 0.15) is 23.6 Å². The van der Waals surface area contributed by atoms with Crippen molar-refractivity contribution in [3.8, 4) is 17.2 Å². The van der Waals surface area contributed by atoms with Crippen LogP contribution in [0.2, 0.25) is 0 Å². The Morgan fingerprint density at radius 2 is 2.16 bits per heavy atom. The van der Waals surface area contributed by atoms with E-state index in [4.69, 9.17) is 9.47 Å². The Kier molecular flexibility index (Phi) is 3.93. The summed E-state index contributed by atoms with van der Waals surface area (Å²) >= 11 is 1.64. The predicted octanol–water partition coefficient (Wildman–Crippen LogP) is 3.43. The molecule has 128 valence electrons. The number of amides is 1. The summed E-state index contributed by atoms with van der Waals surface area (Å²) in [6.45, 7) is 0. The topological polar surface area (TPSA) is 65.4 Å². The van der Waals surface area contributed by atoms with Crippen molar-refractivity contribution in [3.63, 3.8) is 0 Å². The Morgan fingerprint density at radius 3 is 2.88 bits per heavy atom. The summed E-state index contributed by atoms with van der Waals surface area (Å²) in [6.07, 6.45) is 2.12. The molecule has 3 aromatic rings. The van der Waals surface area contributed by atoms with E-state index in [2.05, 4.69) is 10.3 Å². The number of fused-ring (bicyclic) bond motifs is 1. The number of imidazole rings is 1. The van der Waals surface area contributed by atoms with Gasteiger partial charge in [0, 0.05) is 23.3 Å². The Balaban J connectivity index is 1.86. The highest BCUT2D eigenvalue weighted by Gasteiger charge is 2.32. The summed E-state index contributed by atoms with van der Waals surface area (Å²) in [5, 5.41) is 4.97. The number of methoxy groups -OCH3 is 2. The first-order valence-corrected chi connectivity index (χ1v) is 8.72. The Hall–Kier alpha value is -2.80. The molecule has 0 unspecified atom stereocenters. The van der Waals surface area contributed by atoms with Crippen LogP contribution in [0.1, 0.15) is 22.9 Å². The minimum absolute atomic E-state index is 0.0190. The summed E-state index contributed by atoms with van der Waals surface area (Å²) in [6, 6.07) is 9.57. The Labute approximate surface area is 149 Å². The zero-order valence-corrected chi connectivity index (χ0v) is 14.7. The molecule has 1 aliphatic rings. The van der Waals surface area contributed by atoms with E-state index in [-0.39, 0.29) is 11.8 Å². The molecule has 4 rings (SSSR count). The van der Waals surface area contributed by atoms with Gasteiger partial charge in [0.05, 0.1) is 25.6 Å². The maximum Gasteiger partial charge on any atom is 0.226 e. The second-order valence-electron chi connectivity index (χ2n) is 5.71. The molecule has 1 amide bonds. The van der Waals surface area contributed by atoms with Crippen molar-refractivity contribution >= 4 is 23.1 Å².